The van der Waals surface area contributed by atoms with Crippen LogP contribution in [-0.2, 0) is 20.8 Å². The number of ether oxygens (including phenoxy) is 2. The Bertz CT molecular complexity index is 1340. The SMILES string of the molecule is Cc1c(C(=O)OC2CCCCC2)sc2ncn(CC(=O)Nc3ccc(C(=O)OC(C)C)cc3)c(=O)c12. The first-order valence-corrected chi connectivity index (χ1v) is 12.8. The maximum atomic E-state index is 13.1. The van der Waals surface area contributed by atoms with Crippen molar-refractivity contribution in [2.24, 2.45) is 0 Å². The molecule has 2 aromatic heterocycles. The van der Waals surface area contributed by atoms with E-state index in [-0.39, 0.29) is 18.8 Å². The van der Waals surface area contributed by atoms with Crippen molar-refractivity contribution in [1.82, 2.24) is 9.55 Å². The molecule has 1 aliphatic carbocycles. The summed E-state index contributed by atoms with van der Waals surface area (Å²) in [6.07, 6.45) is 5.97. The highest BCUT2D eigenvalue weighted by Gasteiger charge is 2.24. The van der Waals surface area contributed by atoms with Gasteiger partial charge in [-0.25, -0.2) is 14.6 Å². The Kier molecular flexibility index (Phi) is 7.83. The van der Waals surface area contributed by atoms with Crippen molar-refractivity contribution >= 4 is 45.1 Å². The first-order valence-electron chi connectivity index (χ1n) is 12.0. The van der Waals surface area contributed by atoms with Gasteiger partial charge in [0.25, 0.3) is 5.56 Å². The van der Waals surface area contributed by atoms with Crippen LogP contribution in [0.15, 0.2) is 35.4 Å². The summed E-state index contributed by atoms with van der Waals surface area (Å²) in [5.74, 6) is -1.30. The second kappa shape index (κ2) is 11.0. The highest BCUT2D eigenvalue weighted by molar-refractivity contribution is 7.20. The number of anilines is 1. The van der Waals surface area contributed by atoms with Crippen molar-refractivity contribution in [3.8, 4) is 0 Å². The van der Waals surface area contributed by atoms with Crippen LogP contribution < -0.4 is 10.9 Å². The van der Waals surface area contributed by atoms with E-state index in [0.29, 0.717) is 31.9 Å². The molecule has 2 heterocycles. The fraction of sp³-hybridized carbons (Fsp3) is 0.423. The molecule has 0 saturated heterocycles. The minimum Gasteiger partial charge on any atom is -0.459 e. The summed E-state index contributed by atoms with van der Waals surface area (Å²) in [4.78, 5) is 55.6. The first kappa shape index (κ1) is 25.6. The van der Waals surface area contributed by atoms with E-state index in [1.807, 2.05) is 0 Å². The number of carbonyl (C=O) groups excluding carboxylic acids is 3. The van der Waals surface area contributed by atoms with Crippen LogP contribution in [0, 0.1) is 6.92 Å². The van der Waals surface area contributed by atoms with E-state index in [2.05, 4.69) is 10.3 Å². The molecule has 1 aromatic carbocycles. The number of aryl methyl sites for hydroxylation is 1. The van der Waals surface area contributed by atoms with Crippen LogP contribution in [0.2, 0.25) is 0 Å². The Balaban J connectivity index is 1.45. The maximum absolute atomic E-state index is 13.1. The summed E-state index contributed by atoms with van der Waals surface area (Å²) in [5.41, 5.74) is 0.972. The normalized spacial score (nSPS) is 14.1. The Morgan fingerprint density at radius 1 is 1.11 bits per heavy atom. The zero-order valence-electron chi connectivity index (χ0n) is 20.5. The van der Waals surface area contributed by atoms with Crippen molar-refractivity contribution in [1.29, 1.82) is 0 Å². The van der Waals surface area contributed by atoms with Crippen LogP contribution in [0.25, 0.3) is 10.2 Å². The van der Waals surface area contributed by atoms with E-state index in [4.69, 9.17) is 9.47 Å². The van der Waals surface area contributed by atoms with Crippen LogP contribution in [0.4, 0.5) is 5.69 Å². The lowest BCUT2D eigenvalue weighted by Gasteiger charge is -2.21. The van der Waals surface area contributed by atoms with Gasteiger partial charge in [-0.05, 0) is 76.3 Å². The van der Waals surface area contributed by atoms with Gasteiger partial charge in [0.2, 0.25) is 5.91 Å². The molecule has 3 aromatic rings. The zero-order chi connectivity index (χ0) is 25.8. The minimum absolute atomic E-state index is 0.0842. The molecule has 190 valence electrons. The van der Waals surface area contributed by atoms with Gasteiger partial charge in [-0.2, -0.15) is 0 Å². The van der Waals surface area contributed by atoms with Gasteiger partial charge in [0.1, 0.15) is 22.4 Å². The van der Waals surface area contributed by atoms with Crippen molar-refractivity contribution in [3.05, 3.63) is 57.0 Å². The molecule has 0 spiro atoms. The van der Waals surface area contributed by atoms with Crippen LogP contribution in [0.1, 0.15) is 71.5 Å². The number of benzene rings is 1. The molecule has 10 heteroatoms. The number of amides is 1. The van der Waals surface area contributed by atoms with Gasteiger partial charge in [-0.3, -0.25) is 14.2 Å². The Morgan fingerprint density at radius 2 is 1.81 bits per heavy atom. The summed E-state index contributed by atoms with van der Waals surface area (Å²) in [6.45, 7) is 4.98. The lowest BCUT2D eigenvalue weighted by molar-refractivity contribution is -0.116. The number of hydrogen-bond acceptors (Lipinski definition) is 8. The molecule has 9 nitrogen and oxygen atoms in total. The first-order chi connectivity index (χ1) is 17.2. The number of rotatable bonds is 7. The average molecular weight is 512 g/mol. The molecule has 1 saturated carbocycles. The number of fused-ring (bicyclic) bond motifs is 1. The Morgan fingerprint density at radius 3 is 2.47 bits per heavy atom. The van der Waals surface area contributed by atoms with E-state index < -0.39 is 23.4 Å². The lowest BCUT2D eigenvalue weighted by Crippen LogP contribution is -2.28. The summed E-state index contributed by atoms with van der Waals surface area (Å²) in [5, 5.41) is 3.02. The number of hydrogen-bond donors (Lipinski definition) is 1. The molecular weight excluding hydrogens is 482 g/mol. The second-order valence-corrected chi connectivity index (χ2v) is 10.2. The van der Waals surface area contributed by atoms with Crippen molar-refractivity contribution in [2.45, 2.75) is 71.6 Å². The molecule has 0 aliphatic heterocycles. The van der Waals surface area contributed by atoms with Crippen LogP contribution in [0.5, 0.6) is 0 Å². The molecule has 1 N–H and O–H groups in total. The van der Waals surface area contributed by atoms with Gasteiger partial charge in [-0.15, -0.1) is 11.3 Å². The van der Waals surface area contributed by atoms with Crippen LogP contribution >= 0.6 is 11.3 Å². The molecule has 1 aliphatic rings. The van der Waals surface area contributed by atoms with Gasteiger partial charge in [0, 0.05) is 5.69 Å². The largest absolute Gasteiger partial charge is 0.459 e. The molecule has 4 rings (SSSR count). The number of nitrogens with zero attached hydrogens (tertiary/aromatic N) is 2. The quantitative estimate of drug-likeness (QED) is 0.466. The van der Waals surface area contributed by atoms with Gasteiger partial charge in [0.05, 0.1) is 23.4 Å². The predicted molar refractivity (Wildman–Crippen MR) is 137 cm³/mol. The van der Waals surface area contributed by atoms with E-state index in [0.717, 1.165) is 43.4 Å². The van der Waals surface area contributed by atoms with Crippen LogP contribution in [-0.4, -0.2) is 39.6 Å². The summed E-state index contributed by atoms with van der Waals surface area (Å²) >= 11 is 1.13. The highest BCUT2D eigenvalue weighted by Crippen LogP contribution is 2.29. The number of nitrogens with one attached hydrogen (secondary N) is 1. The molecule has 0 bridgehead atoms. The van der Waals surface area contributed by atoms with Gasteiger partial charge in [0.15, 0.2) is 0 Å². The molecule has 0 unspecified atom stereocenters. The zero-order valence-corrected chi connectivity index (χ0v) is 21.4. The van der Waals surface area contributed by atoms with Crippen molar-refractivity contribution < 1.29 is 23.9 Å². The number of carbonyl (C=O) groups is 3. The highest BCUT2D eigenvalue weighted by atomic mass is 32.1. The van der Waals surface area contributed by atoms with Crippen LogP contribution in [0.3, 0.4) is 0 Å². The number of esters is 2. The Hall–Kier alpha value is -3.53. The van der Waals surface area contributed by atoms with Gasteiger partial charge < -0.3 is 14.8 Å². The van der Waals surface area contributed by atoms with E-state index in [1.54, 1.807) is 45.0 Å². The smallest absolute Gasteiger partial charge is 0.348 e. The third-order valence-corrected chi connectivity index (χ3v) is 7.17. The number of aromatic nitrogens is 2. The third kappa shape index (κ3) is 5.81. The predicted octanol–water partition coefficient (Wildman–Crippen LogP) is 4.46. The van der Waals surface area contributed by atoms with E-state index in [9.17, 15) is 19.2 Å². The molecule has 36 heavy (non-hydrogen) atoms. The van der Waals surface area contributed by atoms with Crippen molar-refractivity contribution in [2.75, 3.05) is 5.32 Å². The Labute approximate surface area is 212 Å². The number of thiophene rings is 1. The maximum Gasteiger partial charge on any atom is 0.348 e. The van der Waals surface area contributed by atoms with Gasteiger partial charge in [-0.1, -0.05) is 6.42 Å². The summed E-state index contributed by atoms with van der Waals surface area (Å²) in [7, 11) is 0. The summed E-state index contributed by atoms with van der Waals surface area (Å²) in [6, 6.07) is 6.30. The molecular formula is C26H29N3O6S. The van der Waals surface area contributed by atoms with Crippen molar-refractivity contribution in [3.63, 3.8) is 0 Å². The van der Waals surface area contributed by atoms with Gasteiger partial charge >= 0.3 is 11.9 Å². The minimum atomic E-state index is -0.443. The molecule has 1 fully saturated rings. The standard InChI is InChI=1S/C26H29N3O6S/c1-15(2)34-25(32)17-9-11-18(12-10-17)28-20(30)13-29-14-27-23-21(24(29)31)16(3)22(36-23)26(33)35-19-7-5-4-6-8-19/h9-12,14-15,19H,4-8,13H2,1-3H3,(H,28,30). The third-order valence-electron chi connectivity index (χ3n) is 5.99. The fourth-order valence-corrected chi connectivity index (χ4v) is 5.20. The van der Waals surface area contributed by atoms with E-state index in [1.165, 1.54) is 10.9 Å². The lowest BCUT2D eigenvalue weighted by atomic mass is 9.98. The second-order valence-electron chi connectivity index (χ2n) is 9.16. The van der Waals surface area contributed by atoms with E-state index >= 15 is 0 Å². The fourth-order valence-electron chi connectivity index (χ4n) is 4.18. The topological polar surface area (TPSA) is 117 Å². The molecule has 0 radical (unpaired) electrons. The average Bonchev–Trinajstić information content (AvgIpc) is 3.18. The molecule has 1 amide bonds. The summed E-state index contributed by atoms with van der Waals surface area (Å²) < 4.78 is 12.0. The molecule has 0 atom stereocenters. The monoisotopic (exact) mass is 511 g/mol.